The van der Waals surface area contributed by atoms with E-state index in [1.807, 2.05) is 52.0 Å². The average molecular weight is 432 g/mol. The molecule has 1 aliphatic rings. The molecule has 0 aliphatic heterocycles. The Labute approximate surface area is 185 Å². The number of amides is 3. The van der Waals surface area contributed by atoms with Gasteiger partial charge >= 0.3 is 6.09 Å². The van der Waals surface area contributed by atoms with Crippen molar-refractivity contribution < 1.29 is 19.1 Å². The number of rotatable bonds is 6. The van der Waals surface area contributed by atoms with Gasteiger partial charge in [-0.1, -0.05) is 24.3 Å². The van der Waals surface area contributed by atoms with E-state index in [2.05, 4.69) is 10.6 Å². The number of alkyl carbamates (subject to hydrolysis) is 1. The van der Waals surface area contributed by atoms with Gasteiger partial charge in [0.15, 0.2) is 0 Å². The van der Waals surface area contributed by atoms with Crippen LogP contribution in [0.25, 0.3) is 0 Å². The molecular formula is C24H37N3O4. The van der Waals surface area contributed by atoms with Gasteiger partial charge in [-0.3, -0.25) is 9.59 Å². The average Bonchev–Trinajstić information content (AvgIpc) is 2.56. The number of benzene rings is 1. The Bertz CT molecular complexity index is 804. The van der Waals surface area contributed by atoms with E-state index < -0.39 is 23.3 Å². The van der Waals surface area contributed by atoms with E-state index in [-0.39, 0.29) is 24.4 Å². The molecule has 1 aliphatic carbocycles. The van der Waals surface area contributed by atoms with Crippen LogP contribution in [0, 0.1) is 6.92 Å². The molecule has 0 bridgehead atoms. The van der Waals surface area contributed by atoms with Crippen molar-refractivity contribution >= 4 is 17.9 Å². The largest absolute Gasteiger partial charge is 0.444 e. The Morgan fingerprint density at radius 3 is 2.19 bits per heavy atom. The van der Waals surface area contributed by atoms with E-state index in [9.17, 15) is 14.4 Å². The zero-order valence-electron chi connectivity index (χ0n) is 19.9. The SMILES string of the molecule is Cc1ccccc1C(C(=O)NC(C)(C)C)N(C(=O)CNC(=O)OC(C)(C)C)C1CCC1. The van der Waals surface area contributed by atoms with E-state index in [4.69, 9.17) is 4.74 Å². The molecule has 1 saturated carbocycles. The molecule has 7 nitrogen and oxygen atoms in total. The fourth-order valence-electron chi connectivity index (χ4n) is 3.53. The predicted octanol–water partition coefficient (Wildman–Crippen LogP) is 3.86. The first-order chi connectivity index (χ1) is 14.3. The molecule has 0 radical (unpaired) electrons. The molecular weight excluding hydrogens is 394 g/mol. The molecule has 1 aromatic rings. The van der Waals surface area contributed by atoms with Crippen LogP contribution in [-0.2, 0) is 14.3 Å². The second-order valence-electron chi connectivity index (χ2n) is 10.2. The summed E-state index contributed by atoms with van der Waals surface area (Å²) in [5.74, 6) is -0.521. The predicted molar refractivity (Wildman–Crippen MR) is 121 cm³/mol. The number of aryl methyl sites for hydroxylation is 1. The van der Waals surface area contributed by atoms with Crippen LogP contribution >= 0.6 is 0 Å². The fraction of sp³-hybridized carbons (Fsp3) is 0.625. The van der Waals surface area contributed by atoms with Crippen molar-refractivity contribution in [2.45, 2.75) is 91.0 Å². The highest BCUT2D eigenvalue weighted by Gasteiger charge is 2.40. The monoisotopic (exact) mass is 431 g/mol. The molecule has 0 saturated heterocycles. The molecule has 1 aromatic carbocycles. The number of hydrogen-bond donors (Lipinski definition) is 2. The topological polar surface area (TPSA) is 87.7 Å². The normalized spacial score (nSPS) is 15.5. The van der Waals surface area contributed by atoms with Gasteiger partial charge in [-0.05, 0) is 78.9 Å². The van der Waals surface area contributed by atoms with Gasteiger partial charge in [0.2, 0.25) is 11.8 Å². The Morgan fingerprint density at radius 2 is 1.71 bits per heavy atom. The third-order valence-corrected chi connectivity index (χ3v) is 5.05. The van der Waals surface area contributed by atoms with Crippen LogP contribution in [0.1, 0.15) is 78.0 Å². The van der Waals surface area contributed by atoms with Crippen molar-refractivity contribution in [3.63, 3.8) is 0 Å². The summed E-state index contributed by atoms with van der Waals surface area (Å²) >= 11 is 0. The maximum absolute atomic E-state index is 13.4. The van der Waals surface area contributed by atoms with Gasteiger partial charge in [0.05, 0.1) is 0 Å². The molecule has 2 N–H and O–H groups in total. The number of hydrogen-bond acceptors (Lipinski definition) is 4. The zero-order chi connectivity index (χ0) is 23.4. The first kappa shape index (κ1) is 24.7. The molecule has 0 spiro atoms. The summed E-state index contributed by atoms with van der Waals surface area (Å²) in [5.41, 5.74) is 0.633. The second kappa shape index (κ2) is 9.71. The van der Waals surface area contributed by atoms with Gasteiger partial charge < -0.3 is 20.3 Å². The van der Waals surface area contributed by atoms with Crippen LogP contribution < -0.4 is 10.6 Å². The van der Waals surface area contributed by atoms with Crippen molar-refractivity contribution in [1.29, 1.82) is 0 Å². The van der Waals surface area contributed by atoms with Crippen LogP contribution in [0.15, 0.2) is 24.3 Å². The Balaban J connectivity index is 2.33. The quantitative estimate of drug-likeness (QED) is 0.716. The number of carbonyl (C=O) groups is 3. The molecule has 0 aromatic heterocycles. The summed E-state index contributed by atoms with van der Waals surface area (Å²) in [6.07, 6.45) is 2.03. The Hall–Kier alpha value is -2.57. The molecule has 0 heterocycles. The molecule has 1 fully saturated rings. The highest BCUT2D eigenvalue weighted by Crippen LogP contribution is 2.34. The lowest BCUT2D eigenvalue weighted by Gasteiger charge is -2.43. The maximum Gasteiger partial charge on any atom is 0.408 e. The van der Waals surface area contributed by atoms with E-state index in [0.717, 1.165) is 30.4 Å². The lowest BCUT2D eigenvalue weighted by atomic mass is 9.87. The van der Waals surface area contributed by atoms with E-state index >= 15 is 0 Å². The summed E-state index contributed by atoms with van der Waals surface area (Å²) in [7, 11) is 0. The molecule has 7 heteroatoms. The fourth-order valence-corrected chi connectivity index (χ4v) is 3.53. The third kappa shape index (κ3) is 7.26. The van der Waals surface area contributed by atoms with Crippen LogP contribution in [-0.4, -0.2) is 46.5 Å². The van der Waals surface area contributed by atoms with E-state index in [0.29, 0.717) is 0 Å². The van der Waals surface area contributed by atoms with Gasteiger partial charge in [0, 0.05) is 11.6 Å². The first-order valence-corrected chi connectivity index (χ1v) is 10.9. The summed E-state index contributed by atoms with van der Waals surface area (Å²) in [6.45, 7) is 12.8. The van der Waals surface area contributed by atoms with E-state index in [1.54, 1.807) is 25.7 Å². The number of nitrogens with zero attached hydrogens (tertiary/aromatic N) is 1. The van der Waals surface area contributed by atoms with Crippen LogP contribution in [0.5, 0.6) is 0 Å². The third-order valence-electron chi connectivity index (χ3n) is 5.05. The number of nitrogens with one attached hydrogen (secondary N) is 2. The molecule has 1 unspecified atom stereocenters. The highest BCUT2D eigenvalue weighted by atomic mass is 16.6. The second-order valence-corrected chi connectivity index (χ2v) is 10.2. The van der Waals surface area contributed by atoms with Crippen molar-refractivity contribution in [3.05, 3.63) is 35.4 Å². The van der Waals surface area contributed by atoms with Crippen molar-refractivity contribution in [3.8, 4) is 0 Å². The smallest absolute Gasteiger partial charge is 0.408 e. The molecule has 31 heavy (non-hydrogen) atoms. The lowest BCUT2D eigenvalue weighted by Crippen LogP contribution is -2.55. The summed E-state index contributed by atoms with van der Waals surface area (Å²) in [6, 6.07) is 6.82. The summed E-state index contributed by atoms with van der Waals surface area (Å²) in [4.78, 5) is 40.5. The van der Waals surface area contributed by atoms with Crippen LogP contribution in [0.3, 0.4) is 0 Å². The number of carbonyl (C=O) groups excluding carboxylic acids is 3. The minimum atomic E-state index is -0.765. The number of ether oxygens (including phenoxy) is 1. The van der Waals surface area contributed by atoms with Crippen molar-refractivity contribution in [2.24, 2.45) is 0 Å². The molecule has 1 atom stereocenters. The van der Waals surface area contributed by atoms with Crippen LogP contribution in [0.4, 0.5) is 4.79 Å². The Morgan fingerprint density at radius 1 is 1.10 bits per heavy atom. The molecule has 2 rings (SSSR count). The maximum atomic E-state index is 13.4. The first-order valence-electron chi connectivity index (χ1n) is 10.9. The van der Waals surface area contributed by atoms with E-state index in [1.165, 1.54) is 0 Å². The van der Waals surface area contributed by atoms with Crippen molar-refractivity contribution in [1.82, 2.24) is 15.5 Å². The minimum Gasteiger partial charge on any atom is -0.444 e. The molecule has 172 valence electrons. The van der Waals surface area contributed by atoms with Gasteiger partial charge in [-0.15, -0.1) is 0 Å². The van der Waals surface area contributed by atoms with Crippen LogP contribution in [0.2, 0.25) is 0 Å². The standard InChI is InChI=1S/C24H37N3O4/c1-16-11-8-9-14-18(16)20(21(29)26-23(2,3)4)27(17-12-10-13-17)19(28)15-25-22(30)31-24(5,6)7/h8-9,11,14,17,20H,10,12-13,15H2,1-7H3,(H,25,30)(H,26,29). The van der Waals surface area contributed by atoms with Gasteiger partial charge in [-0.2, -0.15) is 0 Å². The molecule has 3 amide bonds. The van der Waals surface area contributed by atoms with Gasteiger partial charge in [0.1, 0.15) is 18.2 Å². The van der Waals surface area contributed by atoms with Gasteiger partial charge in [-0.25, -0.2) is 4.79 Å². The lowest BCUT2D eigenvalue weighted by molar-refractivity contribution is -0.145. The van der Waals surface area contributed by atoms with Crippen molar-refractivity contribution in [2.75, 3.05) is 6.54 Å². The Kier molecular flexibility index (Phi) is 7.73. The highest BCUT2D eigenvalue weighted by molar-refractivity contribution is 5.91. The summed E-state index contributed by atoms with van der Waals surface area (Å²) < 4.78 is 5.25. The minimum absolute atomic E-state index is 0.0386. The van der Waals surface area contributed by atoms with Gasteiger partial charge in [0.25, 0.3) is 0 Å². The zero-order valence-corrected chi connectivity index (χ0v) is 19.9. The summed E-state index contributed by atoms with van der Waals surface area (Å²) in [5, 5.41) is 5.58.